The van der Waals surface area contributed by atoms with Crippen LogP contribution in [0.3, 0.4) is 0 Å². The van der Waals surface area contributed by atoms with Crippen LogP contribution in [0.15, 0.2) is 12.1 Å². The van der Waals surface area contributed by atoms with Crippen molar-refractivity contribution in [3.63, 3.8) is 0 Å². The molecule has 0 unspecified atom stereocenters. The molecule has 94 valence electrons. The lowest BCUT2D eigenvalue weighted by molar-refractivity contribution is -0.136. The molecule has 0 radical (unpaired) electrons. The summed E-state index contributed by atoms with van der Waals surface area (Å²) in [4.78, 5) is 10.6. The minimum absolute atomic E-state index is 0.170. The van der Waals surface area contributed by atoms with Crippen LogP contribution in [0.1, 0.15) is 42.9 Å². The number of benzene rings is 1. The number of methoxy groups -OCH3 is 1. The fraction of sp³-hybridized carbons (Fsp3) is 0.500. The lowest BCUT2D eigenvalue weighted by atomic mass is 9.95. The van der Waals surface area contributed by atoms with E-state index in [1.54, 1.807) is 7.11 Å². The highest BCUT2D eigenvalue weighted by molar-refractivity contribution is 5.67. The number of aryl methyl sites for hydroxylation is 2. The minimum Gasteiger partial charge on any atom is -0.496 e. The molecule has 1 rings (SSSR count). The van der Waals surface area contributed by atoms with Crippen molar-refractivity contribution in [3.05, 3.63) is 28.8 Å². The van der Waals surface area contributed by atoms with Gasteiger partial charge in [-0.15, -0.1) is 0 Å². The zero-order valence-corrected chi connectivity index (χ0v) is 10.9. The Morgan fingerprint density at radius 3 is 2.53 bits per heavy atom. The van der Waals surface area contributed by atoms with E-state index in [-0.39, 0.29) is 6.42 Å². The third-order valence-corrected chi connectivity index (χ3v) is 2.82. The highest BCUT2D eigenvalue weighted by atomic mass is 16.5. The third kappa shape index (κ3) is 3.48. The molecule has 0 bridgehead atoms. The van der Waals surface area contributed by atoms with Gasteiger partial charge in [-0.1, -0.05) is 26.0 Å². The summed E-state index contributed by atoms with van der Waals surface area (Å²) >= 11 is 0. The fourth-order valence-electron chi connectivity index (χ4n) is 1.98. The zero-order chi connectivity index (χ0) is 13.0. The van der Waals surface area contributed by atoms with Crippen LogP contribution in [0.4, 0.5) is 0 Å². The monoisotopic (exact) mass is 236 g/mol. The summed E-state index contributed by atoms with van der Waals surface area (Å²) in [5, 5.41) is 8.70. The van der Waals surface area contributed by atoms with Gasteiger partial charge >= 0.3 is 5.97 Å². The summed E-state index contributed by atoms with van der Waals surface area (Å²) in [6, 6.07) is 4.06. The predicted molar refractivity (Wildman–Crippen MR) is 67.8 cm³/mol. The molecule has 3 nitrogen and oxygen atoms in total. The minimum atomic E-state index is -0.760. The average molecular weight is 236 g/mol. The quantitative estimate of drug-likeness (QED) is 0.854. The largest absolute Gasteiger partial charge is 0.496 e. The summed E-state index contributed by atoms with van der Waals surface area (Å²) in [5.41, 5.74) is 3.28. The van der Waals surface area contributed by atoms with Crippen LogP contribution in [0.25, 0.3) is 0 Å². The maximum atomic E-state index is 10.6. The predicted octanol–water partition coefficient (Wildman–Crippen LogP) is 3.14. The zero-order valence-electron chi connectivity index (χ0n) is 10.9. The Hall–Kier alpha value is -1.51. The Balaban J connectivity index is 3.06. The summed E-state index contributed by atoms with van der Waals surface area (Å²) in [6.07, 6.45) is 0.739. The first-order valence-corrected chi connectivity index (χ1v) is 5.85. The third-order valence-electron chi connectivity index (χ3n) is 2.82. The normalized spacial score (nSPS) is 10.6. The topological polar surface area (TPSA) is 46.5 Å². The summed E-state index contributed by atoms with van der Waals surface area (Å²) < 4.78 is 5.40. The second-order valence-electron chi connectivity index (χ2n) is 4.58. The average Bonchev–Trinajstić information content (AvgIpc) is 2.25. The molecule has 17 heavy (non-hydrogen) atoms. The second kappa shape index (κ2) is 5.71. The molecule has 1 aromatic rings. The smallest absolute Gasteiger partial charge is 0.303 e. The lowest BCUT2D eigenvalue weighted by Gasteiger charge is -2.16. The molecule has 1 aromatic carbocycles. The van der Waals surface area contributed by atoms with Gasteiger partial charge in [-0.25, -0.2) is 0 Å². The molecule has 0 saturated carbocycles. The summed E-state index contributed by atoms with van der Waals surface area (Å²) in [7, 11) is 1.67. The Morgan fingerprint density at radius 1 is 1.41 bits per heavy atom. The van der Waals surface area contributed by atoms with Crippen LogP contribution >= 0.6 is 0 Å². The van der Waals surface area contributed by atoms with Crippen molar-refractivity contribution in [1.82, 2.24) is 0 Å². The highest BCUT2D eigenvalue weighted by Crippen LogP contribution is 2.31. The van der Waals surface area contributed by atoms with Gasteiger partial charge in [0.05, 0.1) is 7.11 Å². The molecular weight excluding hydrogens is 216 g/mol. The van der Waals surface area contributed by atoms with Crippen LogP contribution in [0.2, 0.25) is 0 Å². The molecule has 0 amide bonds. The van der Waals surface area contributed by atoms with Gasteiger partial charge in [0.25, 0.3) is 0 Å². The molecule has 1 N–H and O–H groups in total. The van der Waals surface area contributed by atoms with Crippen molar-refractivity contribution in [3.8, 4) is 5.75 Å². The van der Waals surface area contributed by atoms with Crippen LogP contribution in [0, 0.1) is 6.92 Å². The van der Waals surface area contributed by atoms with E-state index in [9.17, 15) is 4.79 Å². The first-order valence-electron chi connectivity index (χ1n) is 5.85. The SMILES string of the molecule is COc1c(C)cc(CCC(=O)O)cc1C(C)C. The van der Waals surface area contributed by atoms with Crippen LogP contribution in [0.5, 0.6) is 5.75 Å². The lowest BCUT2D eigenvalue weighted by Crippen LogP contribution is -2.02. The molecule has 0 aromatic heterocycles. The number of rotatable bonds is 5. The number of carboxylic acids is 1. The Kier molecular flexibility index (Phi) is 4.55. The Morgan fingerprint density at radius 2 is 2.06 bits per heavy atom. The molecule has 3 heteroatoms. The van der Waals surface area contributed by atoms with Gasteiger partial charge in [0, 0.05) is 6.42 Å². The number of ether oxygens (including phenoxy) is 1. The number of hydrogen-bond acceptors (Lipinski definition) is 2. The van der Waals surface area contributed by atoms with Crippen molar-refractivity contribution >= 4 is 5.97 Å². The van der Waals surface area contributed by atoms with Crippen LogP contribution < -0.4 is 4.74 Å². The van der Waals surface area contributed by atoms with E-state index < -0.39 is 5.97 Å². The molecule has 0 aliphatic rings. The molecule has 0 fully saturated rings. The molecule has 0 heterocycles. The Bertz CT molecular complexity index is 408. The molecule has 0 spiro atoms. The van der Waals surface area contributed by atoms with Crippen molar-refractivity contribution in [1.29, 1.82) is 0 Å². The number of carbonyl (C=O) groups is 1. The fourth-order valence-corrected chi connectivity index (χ4v) is 1.98. The van der Waals surface area contributed by atoms with Gasteiger partial charge in [0.2, 0.25) is 0 Å². The van der Waals surface area contributed by atoms with Crippen molar-refractivity contribution < 1.29 is 14.6 Å². The van der Waals surface area contributed by atoms with Crippen molar-refractivity contribution in [2.24, 2.45) is 0 Å². The van der Waals surface area contributed by atoms with Crippen molar-refractivity contribution in [2.45, 2.75) is 39.5 Å². The number of aliphatic carboxylic acids is 1. The van der Waals surface area contributed by atoms with Gasteiger partial charge < -0.3 is 9.84 Å². The first kappa shape index (κ1) is 13.6. The first-order chi connectivity index (χ1) is 7.95. The highest BCUT2D eigenvalue weighted by Gasteiger charge is 2.12. The van der Waals surface area contributed by atoms with E-state index in [0.29, 0.717) is 12.3 Å². The van der Waals surface area contributed by atoms with E-state index >= 15 is 0 Å². The number of hydrogen-bond donors (Lipinski definition) is 1. The number of carboxylic acid groups (broad SMARTS) is 1. The van der Waals surface area contributed by atoms with Crippen molar-refractivity contribution in [2.75, 3.05) is 7.11 Å². The molecule has 0 atom stereocenters. The maximum absolute atomic E-state index is 10.6. The molecular formula is C14H20O3. The van der Waals surface area contributed by atoms with Crippen LogP contribution in [-0.2, 0) is 11.2 Å². The molecule has 0 aliphatic carbocycles. The van der Waals surface area contributed by atoms with E-state index in [1.807, 2.05) is 13.0 Å². The van der Waals surface area contributed by atoms with E-state index in [0.717, 1.165) is 22.4 Å². The Labute approximate surface area is 102 Å². The van der Waals surface area contributed by atoms with Gasteiger partial charge in [0.15, 0.2) is 0 Å². The summed E-state index contributed by atoms with van der Waals surface area (Å²) in [5.74, 6) is 0.525. The van der Waals surface area contributed by atoms with Gasteiger partial charge in [-0.2, -0.15) is 0 Å². The van der Waals surface area contributed by atoms with Gasteiger partial charge in [-0.05, 0) is 36.0 Å². The van der Waals surface area contributed by atoms with Gasteiger partial charge in [0.1, 0.15) is 5.75 Å². The molecule has 0 aliphatic heterocycles. The van der Waals surface area contributed by atoms with E-state index in [1.165, 1.54) is 0 Å². The van der Waals surface area contributed by atoms with Crippen LogP contribution in [-0.4, -0.2) is 18.2 Å². The summed E-state index contributed by atoms with van der Waals surface area (Å²) in [6.45, 7) is 6.21. The standard InChI is InChI=1S/C14H20O3/c1-9(2)12-8-11(5-6-13(15)16)7-10(3)14(12)17-4/h7-9H,5-6H2,1-4H3,(H,15,16). The molecule has 0 saturated heterocycles. The van der Waals surface area contributed by atoms with Gasteiger partial charge in [-0.3, -0.25) is 4.79 Å². The maximum Gasteiger partial charge on any atom is 0.303 e. The van der Waals surface area contributed by atoms with E-state index in [2.05, 4.69) is 19.9 Å². The van der Waals surface area contributed by atoms with E-state index in [4.69, 9.17) is 9.84 Å². The second-order valence-corrected chi connectivity index (χ2v) is 4.58.